The molecule has 4 heteroatoms. The number of aryl methyl sites for hydroxylation is 4. The molecule has 2 rings (SSSR count). The molecule has 0 amide bonds. The molecule has 0 saturated heterocycles. The van der Waals surface area contributed by atoms with Crippen LogP contribution < -0.4 is 11.3 Å². The molecule has 0 aliphatic carbocycles. The molecule has 0 saturated carbocycles. The molecule has 3 nitrogen and oxygen atoms in total. The Morgan fingerprint density at radius 2 is 1.79 bits per heavy atom. The highest BCUT2D eigenvalue weighted by Crippen LogP contribution is 2.24. The van der Waals surface area contributed by atoms with Gasteiger partial charge < -0.3 is 0 Å². The van der Waals surface area contributed by atoms with E-state index in [1.165, 1.54) is 21.6 Å². The summed E-state index contributed by atoms with van der Waals surface area (Å²) in [5.41, 5.74) is 7.80. The number of hydrazine groups is 1. The van der Waals surface area contributed by atoms with E-state index >= 15 is 0 Å². The standard InChI is InChI=1S/C15H21N3S/c1-9-5-10(2)7-13(6-9)14(18-16)8-15-17-11(3)12(4)19-15/h5-7,14,18H,8,16H2,1-4H3. The van der Waals surface area contributed by atoms with Crippen molar-refractivity contribution in [2.45, 2.75) is 40.2 Å². The third kappa shape index (κ3) is 3.41. The van der Waals surface area contributed by atoms with Gasteiger partial charge in [-0.1, -0.05) is 29.3 Å². The summed E-state index contributed by atoms with van der Waals surface area (Å²) in [5, 5.41) is 1.14. The second-order valence-electron chi connectivity index (χ2n) is 5.09. The summed E-state index contributed by atoms with van der Waals surface area (Å²) in [4.78, 5) is 5.87. The fourth-order valence-electron chi connectivity index (χ4n) is 2.29. The number of aromatic nitrogens is 1. The first-order valence-electron chi connectivity index (χ1n) is 6.47. The molecule has 0 bridgehead atoms. The Morgan fingerprint density at radius 1 is 1.16 bits per heavy atom. The smallest absolute Gasteiger partial charge is 0.0950 e. The summed E-state index contributed by atoms with van der Waals surface area (Å²) in [6.45, 7) is 8.39. The Labute approximate surface area is 118 Å². The van der Waals surface area contributed by atoms with Crippen LogP contribution in [0.25, 0.3) is 0 Å². The van der Waals surface area contributed by atoms with E-state index in [1.807, 2.05) is 0 Å². The van der Waals surface area contributed by atoms with E-state index in [2.05, 4.69) is 56.3 Å². The quantitative estimate of drug-likeness (QED) is 0.666. The fraction of sp³-hybridized carbons (Fsp3) is 0.400. The van der Waals surface area contributed by atoms with Gasteiger partial charge in [-0.15, -0.1) is 11.3 Å². The zero-order chi connectivity index (χ0) is 14.0. The van der Waals surface area contributed by atoms with E-state index in [-0.39, 0.29) is 6.04 Å². The van der Waals surface area contributed by atoms with Gasteiger partial charge in [-0.3, -0.25) is 11.3 Å². The van der Waals surface area contributed by atoms with Crippen LogP contribution in [0.3, 0.4) is 0 Å². The van der Waals surface area contributed by atoms with Crippen molar-refractivity contribution in [3.8, 4) is 0 Å². The maximum Gasteiger partial charge on any atom is 0.0950 e. The molecule has 2 aromatic rings. The molecule has 3 N–H and O–H groups in total. The summed E-state index contributed by atoms with van der Waals surface area (Å²) in [6.07, 6.45) is 0.832. The molecule has 0 radical (unpaired) electrons. The van der Waals surface area contributed by atoms with Gasteiger partial charge in [0, 0.05) is 11.3 Å². The van der Waals surface area contributed by atoms with Crippen LogP contribution >= 0.6 is 11.3 Å². The monoisotopic (exact) mass is 275 g/mol. The minimum Gasteiger partial charge on any atom is -0.271 e. The summed E-state index contributed by atoms with van der Waals surface area (Å²) in [6, 6.07) is 6.66. The van der Waals surface area contributed by atoms with E-state index < -0.39 is 0 Å². The van der Waals surface area contributed by atoms with Crippen LogP contribution in [0, 0.1) is 27.7 Å². The van der Waals surface area contributed by atoms with Crippen LogP contribution in [0.15, 0.2) is 18.2 Å². The van der Waals surface area contributed by atoms with Crippen LogP contribution in [0.4, 0.5) is 0 Å². The maximum atomic E-state index is 5.72. The lowest BCUT2D eigenvalue weighted by molar-refractivity contribution is 0.550. The second-order valence-corrected chi connectivity index (χ2v) is 6.38. The summed E-state index contributed by atoms with van der Waals surface area (Å²) < 4.78 is 0. The predicted octanol–water partition coefficient (Wildman–Crippen LogP) is 3.12. The van der Waals surface area contributed by atoms with Gasteiger partial charge in [0.2, 0.25) is 0 Å². The van der Waals surface area contributed by atoms with Crippen molar-refractivity contribution >= 4 is 11.3 Å². The van der Waals surface area contributed by atoms with Gasteiger partial charge in [-0.05, 0) is 33.3 Å². The van der Waals surface area contributed by atoms with Gasteiger partial charge in [0.15, 0.2) is 0 Å². The number of rotatable bonds is 4. The molecule has 0 aliphatic heterocycles. The van der Waals surface area contributed by atoms with Crippen LogP contribution in [0.1, 0.15) is 38.3 Å². The van der Waals surface area contributed by atoms with Crippen molar-refractivity contribution in [1.82, 2.24) is 10.4 Å². The Morgan fingerprint density at radius 3 is 2.26 bits per heavy atom. The molecule has 1 unspecified atom stereocenters. The lowest BCUT2D eigenvalue weighted by atomic mass is 10.00. The minimum absolute atomic E-state index is 0.114. The first-order valence-corrected chi connectivity index (χ1v) is 7.28. The van der Waals surface area contributed by atoms with Crippen LogP contribution in [0.2, 0.25) is 0 Å². The Hall–Kier alpha value is -1.23. The number of nitrogens with two attached hydrogens (primary N) is 1. The highest BCUT2D eigenvalue weighted by atomic mass is 32.1. The molecule has 1 aromatic carbocycles. The topological polar surface area (TPSA) is 50.9 Å². The SMILES string of the molecule is Cc1cc(C)cc(C(Cc2nc(C)c(C)s2)NN)c1. The van der Waals surface area contributed by atoms with Gasteiger partial charge >= 0.3 is 0 Å². The molecule has 0 fully saturated rings. The highest BCUT2D eigenvalue weighted by Gasteiger charge is 2.14. The second kappa shape index (κ2) is 5.82. The van der Waals surface area contributed by atoms with Crippen LogP contribution in [-0.4, -0.2) is 4.98 Å². The molecular weight excluding hydrogens is 254 g/mol. The van der Waals surface area contributed by atoms with Gasteiger partial charge in [-0.25, -0.2) is 4.98 Å². The molecule has 1 atom stereocenters. The van der Waals surface area contributed by atoms with E-state index in [1.54, 1.807) is 11.3 Å². The van der Waals surface area contributed by atoms with Gasteiger partial charge in [0.25, 0.3) is 0 Å². The number of nitrogens with zero attached hydrogens (tertiary/aromatic N) is 1. The molecule has 0 aliphatic rings. The van der Waals surface area contributed by atoms with Crippen molar-refractivity contribution in [2.24, 2.45) is 5.84 Å². The molecule has 0 spiro atoms. The number of hydrogen-bond acceptors (Lipinski definition) is 4. The predicted molar refractivity (Wildman–Crippen MR) is 81.3 cm³/mol. The average molecular weight is 275 g/mol. The Bertz CT molecular complexity index is 535. The average Bonchev–Trinajstić information content (AvgIpc) is 2.64. The molecule has 102 valence electrons. The maximum absolute atomic E-state index is 5.72. The molecule has 1 aromatic heterocycles. The Balaban J connectivity index is 2.24. The lowest BCUT2D eigenvalue weighted by Crippen LogP contribution is -2.29. The summed E-state index contributed by atoms with van der Waals surface area (Å²) in [5.74, 6) is 5.72. The lowest BCUT2D eigenvalue weighted by Gasteiger charge is -2.16. The largest absolute Gasteiger partial charge is 0.271 e. The van der Waals surface area contributed by atoms with Crippen molar-refractivity contribution < 1.29 is 0 Å². The van der Waals surface area contributed by atoms with Crippen LogP contribution in [0.5, 0.6) is 0 Å². The first kappa shape index (κ1) is 14.2. The number of thiazole rings is 1. The highest BCUT2D eigenvalue weighted by molar-refractivity contribution is 7.11. The number of nitrogens with one attached hydrogen (secondary N) is 1. The van der Waals surface area contributed by atoms with Gasteiger partial charge in [0.05, 0.1) is 16.7 Å². The van der Waals surface area contributed by atoms with E-state index in [0.29, 0.717) is 0 Å². The van der Waals surface area contributed by atoms with Crippen molar-refractivity contribution in [3.05, 3.63) is 50.5 Å². The van der Waals surface area contributed by atoms with Crippen molar-refractivity contribution in [1.29, 1.82) is 0 Å². The van der Waals surface area contributed by atoms with Crippen molar-refractivity contribution in [3.63, 3.8) is 0 Å². The summed E-state index contributed by atoms with van der Waals surface area (Å²) in [7, 11) is 0. The first-order chi connectivity index (χ1) is 8.99. The molecule has 1 heterocycles. The zero-order valence-corrected chi connectivity index (χ0v) is 12.8. The molecular formula is C15H21N3S. The Kier molecular flexibility index (Phi) is 4.34. The minimum atomic E-state index is 0.114. The zero-order valence-electron chi connectivity index (χ0n) is 11.9. The fourth-order valence-corrected chi connectivity index (χ4v) is 3.26. The van der Waals surface area contributed by atoms with Crippen LogP contribution in [-0.2, 0) is 6.42 Å². The van der Waals surface area contributed by atoms with E-state index in [0.717, 1.165) is 17.1 Å². The van der Waals surface area contributed by atoms with E-state index in [4.69, 9.17) is 5.84 Å². The van der Waals surface area contributed by atoms with Crippen molar-refractivity contribution in [2.75, 3.05) is 0 Å². The third-order valence-electron chi connectivity index (χ3n) is 3.30. The summed E-state index contributed by atoms with van der Waals surface area (Å²) >= 11 is 1.75. The third-order valence-corrected chi connectivity index (χ3v) is 4.39. The van der Waals surface area contributed by atoms with Gasteiger partial charge in [0.1, 0.15) is 0 Å². The van der Waals surface area contributed by atoms with Gasteiger partial charge in [-0.2, -0.15) is 0 Å². The normalized spacial score (nSPS) is 12.7. The van der Waals surface area contributed by atoms with E-state index in [9.17, 15) is 0 Å². The molecule has 19 heavy (non-hydrogen) atoms. The number of benzene rings is 1. The number of hydrogen-bond donors (Lipinski definition) is 2.